The van der Waals surface area contributed by atoms with Crippen molar-refractivity contribution in [3.63, 3.8) is 0 Å². The van der Waals surface area contributed by atoms with Gasteiger partial charge in [-0.25, -0.2) is 13.8 Å². The number of anilines is 2. The molecule has 0 unspecified atom stereocenters. The van der Waals surface area contributed by atoms with Crippen LogP contribution < -0.4 is 10.2 Å². The number of aromatic nitrogens is 1. The molecule has 0 spiro atoms. The second-order valence-corrected chi connectivity index (χ2v) is 9.08. The van der Waals surface area contributed by atoms with Gasteiger partial charge in [-0.05, 0) is 23.8 Å². The highest BCUT2D eigenvalue weighted by Crippen LogP contribution is 2.54. The van der Waals surface area contributed by atoms with Crippen LogP contribution in [0, 0.1) is 23.0 Å². The highest BCUT2D eigenvalue weighted by Gasteiger charge is 2.46. The Bertz CT molecular complexity index is 922. The second-order valence-electron chi connectivity index (χ2n) is 9.08. The van der Waals surface area contributed by atoms with Gasteiger partial charge in [0, 0.05) is 37.1 Å². The third-order valence-electron chi connectivity index (χ3n) is 5.32. The molecule has 4 rings (SSSR count). The molecule has 1 amide bonds. The maximum absolute atomic E-state index is 14.7. The fraction of sp³-hybridized carbons (Fsp3) is 0.455. The van der Waals surface area contributed by atoms with Gasteiger partial charge < -0.3 is 10.2 Å². The zero-order chi connectivity index (χ0) is 20.1. The molecule has 2 aromatic rings. The van der Waals surface area contributed by atoms with Crippen molar-refractivity contribution in [1.29, 1.82) is 0 Å². The molecule has 1 aliphatic heterocycles. The maximum Gasteiger partial charge on any atom is 0.226 e. The van der Waals surface area contributed by atoms with Gasteiger partial charge in [0.1, 0.15) is 5.82 Å². The molecule has 1 fully saturated rings. The molecule has 2 aliphatic rings. The van der Waals surface area contributed by atoms with Crippen molar-refractivity contribution in [2.75, 3.05) is 16.8 Å². The Morgan fingerprint density at radius 3 is 2.71 bits per heavy atom. The first-order chi connectivity index (χ1) is 13.2. The van der Waals surface area contributed by atoms with E-state index in [0.29, 0.717) is 29.6 Å². The van der Waals surface area contributed by atoms with Crippen molar-refractivity contribution in [1.82, 2.24) is 4.98 Å². The first-order valence-corrected chi connectivity index (χ1v) is 9.70. The summed E-state index contributed by atoms with van der Waals surface area (Å²) < 4.78 is 28.8. The molecule has 1 aromatic heterocycles. The number of rotatable bonds is 4. The lowest BCUT2D eigenvalue weighted by atomic mass is 9.92. The van der Waals surface area contributed by atoms with Gasteiger partial charge in [0.2, 0.25) is 5.91 Å². The molecular formula is C22H25F2N3O. The minimum Gasteiger partial charge on any atom is -0.365 e. The normalized spacial score (nSPS) is 20.4. The molecule has 4 nitrogen and oxygen atoms in total. The first-order valence-electron chi connectivity index (χ1n) is 9.70. The van der Waals surface area contributed by atoms with Crippen LogP contribution in [0.4, 0.5) is 20.3 Å². The first kappa shape index (κ1) is 18.8. The molecule has 0 radical (unpaired) electrons. The summed E-state index contributed by atoms with van der Waals surface area (Å²) in [4.78, 5) is 18.7. The quantitative estimate of drug-likeness (QED) is 0.818. The lowest BCUT2D eigenvalue weighted by molar-refractivity contribution is -0.117. The number of halogens is 2. The molecule has 2 atom stereocenters. The van der Waals surface area contributed by atoms with Gasteiger partial charge in [0.05, 0.1) is 11.4 Å². The van der Waals surface area contributed by atoms with Gasteiger partial charge in [-0.1, -0.05) is 39.0 Å². The van der Waals surface area contributed by atoms with E-state index >= 15 is 0 Å². The summed E-state index contributed by atoms with van der Waals surface area (Å²) in [5, 5.41) is 2.63. The van der Waals surface area contributed by atoms with E-state index in [9.17, 15) is 13.6 Å². The lowest BCUT2D eigenvalue weighted by Crippen LogP contribution is -2.31. The summed E-state index contributed by atoms with van der Waals surface area (Å²) in [6, 6.07) is 8.08. The van der Waals surface area contributed by atoms with Crippen LogP contribution in [-0.4, -0.2) is 17.4 Å². The van der Waals surface area contributed by atoms with Crippen LogP contribution in [0.1, 0.15) is 50.8 Å². The molecule has 2 heterocycles. The molecule has 28 heavy (non-hydrogen) atoms. The number of amides is 1. The Labute approximate surface area is 164 Å². The Kier molecular flexibility index (Phi) is 4.60. The average Bonchev–Trinajstić information content (AvgIpc) is 3.36. The van der Waals surface area contributed by atoms with Crippen molar-refractivity contribution in [2.45, 2.75) is 46.1 Å². The SMILES string of the molecule is CC(C)(C)CC(=O)Nc1nc2c(cc1F)N(Cc1ccccc1F)C[C@@H]1C[C@H]21. The third-order valence-corrected chi connectivity index (χ3v) is 5.32. The standard InChI is InChI=1S/C22H25F2N3O/c1-22(2,3)10-19(28)25-21-17(24)9-18-20(26-21)15-8-14(15)12-27(18)11-13-6-4-5-7-16(13)23/h4-7,9,14-15H,8,10-12H2,1-3H3,(H,25,26,28)/t14-,15-/m0/s1. The van der Waals surface area contributed by atoms with Crippen molar-refractivity contribution in [3.8, 4) is 0 Å². The Hall–Kier alpha value is -2.50. The average molecular weight is 385 g/mol. The Balaban J connectivity index is 1.60. The molecule has 6 heteroatoms. The third kappa shape index (κ3) is 3.86. The zero-order valence-corrected chi connectivity index (χ0v) is 16.4. The number of carbonyl (C=O) groups is 1. The minimum atomic E-state index is -0.557. The van der Waals surface area contributed by atoms with Gasteiger partial charge in [0.15, 0.2) is 11.6 Å². The molecule has 148 valence electrons. The summed E-state index contributed by atoms with van der Waals surface area (Å²) in [7, 11) is 0. The molecular weight excluding hydrogens is 360 g/mol. The monoisotopic (exact) mass is 385 g/mol. The Morgan fingerprint density at radius 1 is 1.25 bits per heavy atom. The number of nitrogens with one attached hydrogen (secondary N) is 1. The largest absolute Gasteiger partial charge is 0.365 e. The van der Waals surface area contributed by atoms with Gasteiger partial charge in [0.25, 0.3) is 0 Å². The van der Waals surface area contributed by atoms with Crippen molar-refractivity contribution in [2.24, 2.45) is 11.3 Å². The fourth-order valence-electron chi connectivity index (χ4n) is 3.91. The van der Waals surface area contributed by atoms with E-state index in [0.717, 1.165) is 18.7 Å². The minimum absolute atomic E-state index is 0.00797. The summed E-state index contributed by atoms with van der Waals surface area (Å²) in [5.74, 6) is -0.321. The van der Waals surface area contributed by atoms with E-state index in [1.165, 1.54) is 12.1 Å². The second kappa shape index (κ2) is 6.83. The van der Waals surface area contributed by atoms with Gasteiger partial charge >= 0.3 is 0 Å². The predicted molar refractivity (Wildman–Crippen MR) is 105 cm³/mol. The van der Waals surface area contributed by atoms with Crippen LogP contribution >= 0.6 is 0 Å². The summed E-state index contributed by atoms with van der Waals surface area (Å²) in [5.41, 5.74) is 1.90. The van der Waals surface area contributed by atoms with Crippen molar-refractivity contribution in [3.05, 3.63) is 53.2 Å². The molecule has 0 bridgehead atoms. The number of benzene rings is 1. The predicted octanol–water partition coefficient (Wildman–Crippen LogP) is 4.86. The van der Waals surface area contributed by atoms with E-state index < -0.39 is 5.82 Å². The summed E-state index contributed by atoms with van der Waals surface area (Å²) >= 11 is 0. The highest BCUT2D eigenvalue weighted by atomic mass is 19.1. The topological polar surface area (TPSA) is 45.2 Å². The fourth-order valence-corrected chi connectivity index (χ4v) is 3.91. The van der Waals surface area contributed by atoms with E-state index in [-0.39, 0.29) is 29.4 Å². The Morgan fingerprint density at radius 2 is 2.00 bits per heavy atom. The number of carbonyl (C=O) groups excluding carboxylic acids is 1. The maximum atomic E-state index is 14.7. The van der Waals surface area contributed by atoms with Crippen LogP contribution in [0.3, 0.4) is 0 Å². The number of pyridine rings is 1. The van der Waals surface area contributed by atoms with Crippen LogP contribution in [0.5, 0.6) is 0 Å². The van der Waals surface area contributed by atoms with Gasteiger partial charge in [-0.15, -0.1) is 0 Å². The smallest absolute Gasteiger partial charge is 0.226 e. The van der Waals surface area contributed by atoms with Crippen molar-refractivity contribution < 1.29 is 13.6 Å². The van der Waals surface area contributed by atoms with E-state index in [4.69, 9.17) is 0 Å². The molecule has 1 N–H and O–H groups in total. The lowest BCUT2D eigenvalue weighted by Gasteiger charge is -2.31. The molecule has 1 aromatic carbocycles. The van der Waals surface area contributed by atoms with E-state index in [1.807, 2.05) is 25.7 Å². The van der Waals surface area contributed by atoms with Crippen molar-refractivity contribution >= 4 is 17.4 Å². The van der Waals surface area contributed by atoms with Crippen LogP contribution in [-0.2, 0) is 11.3 Å². The van der Waals surface area contributed by atoms with Gasteiger partial charge in [-0.2, -0.15) is 0 Å². The number of fused-ring (bicyclic) bond motifs is 3. The summed E-state index contributed by atoms with van der Waals surface area (Å²) in [6.07, 6.45) is 1.28. The number of nitrogens with zero attached hydrogens (tertiary/aromatic N) is 2. The highest BCUT2D eigenvalue weighted by molar-refractivity contribution is 5.90. The molecule has 0 saturated heterocycles. The van der Waals surface area contributed by atoms with Crippen LogP contribution in [0.2, 0.25) is 0 Å². The van der Waals surface area contributed by atoms with E-state index in [2.05, 4.69) is 10.3 Å². The van der Waals surface area contributed by atoms with Crippen LogP contribution in [0.25, 0.3) is 0 Å². The number of hydrogen-bond donors (Lipinski definition) is 1. The number of hydrogen-bond acceptors (Lipinski definition) is 3. The molecule has 1 aliphatic carbocycles. The molecule has 1 saturated carbocycles. The van der Waals surface area contributed by atoms with Gasteiger partial charge in [-0.3, -0.25) is 4.79 Å². The van der Waals surface area contributed by atoms with Crippen LogP contribution in [0.15, 0.2) is 30.3 Å². The van der Waals surface area contributed by atoms with E-state index in [1.54, 1.807) is 18.2 Å². The zero-order valence-electron chi connectivity index (χ0n) is 16.4. The summed E-state index contributed by atoms with van der Waals surface area (Å²) in [6.45, 7) is 7.01.